The number of aromatic nitrogens is 7. The number of rotatable bonds is 7. The number of para-hydroxylation sites is 3. The summed E-state index contributed by atoms with van der Waals surface area (Å²) in [6.07, 6.45) is 0. The minimum Gasteiger partial charge on any atom is -0.399 e. The van der Waals surface area contributed by atoms with E-state index in [1.54, 1.807) is 0 Å². The van der Waals surface area contributed by atoms with Gasteiger partial charge in [0.05, 0.1) is 44.8 Å². The largest absolute Gasteiger partial charge is 0.495 e. The second kappa shape index (κ2) is 23.1. The fraction of sp³-hybridized carbons (Fsp3) is 0.0833. The zero-order valence-corrected chi connectivity index (χ0v) is 50.3. The molecule has 0 bridgehead atoms. The van der Waals surface area contributed by atoms with Crippen molar-refractivity contribution in [2.24, 2.45) is 0 Å². The molecule has 1 aliphatic rings. The van der Waals surface area contributed by atoms with Gasteiger partial charge in [0.15, 0.2) is 11.6 Å². The first-order valence-electron chi connectivity index (χ1n) is 27.8. The van der Waals surface area contributed by atoms with Gasteiger partial charge >= 0.3 is 7.12 Å². The molecule has 12 heteroatoms. The zero-order chi connectivity index (χ0) is 57.4. The Bertz CT molecular complexity index is 4700. The average molecular weight is 1270 g/mol. The predicted molar refractivity (Wildman–Crippen MR) is 356 cm³/mol. The van der Waals surface area contributed by atoms with Crippen LogP contribution in [0, 0.1) is 3.57 Å². The summed E-state index contributed by atoms with van der Waals surface area (Å²) in [4.78, 5) is 20.1. The van der Waals surface area contributed by atoms with E-state index < -0.39 is 18.3 Å². The fourth-order valence-corrected chi connectivity index (χ4v) is 11.4. The number of benzene rings is 11. The van der Waals surface area contributed by atoms with Gasteiger partial charge in [0, 0.05) is 41.1 Å². The molecule has 0 saturated carbocycles. The number of hydrogen-bond donors (Lipinski definition) is 0. The van der Waals surface area contributed by atoms with Crippen LogP contribution < -0.4 is 5.46 Å². The van der Waals surface area contributed by atoms with Crippen molar-refractivity contribution in [3.05, 3.63) is 263 Å². The van der Waals surface area contributed by atoms with Crippen LogP contribution in [-0.4, -0.2) is 53.3 Å². The number of nitrogens with zero attached hydrogens (tertiary/aromatic N) is 7. The quantitative estimate of drug-likeness (QED) is 0.115. The lowest BCUT2D eigenvalue weighted by molar-refractivity contribution is 0.00578. The highest BCUT2D eigenvalue weighted by Gasteiger charge is 2.52. The first-order chi connectivity index (χ1) is 41.0. The van der Waals surface area contributed by atoms with Gasteiger partial charge in [0.1, 0.15) is 5.52 Å². The van der Waals surface area contributed by atoms with Crippen LogP contribution in [0.1, 0.15) is 27.7 Å². The van der Waals surface area contributed by atoms with Crippen LogP contribution in [0.4, 0.5) is 0 Å². The van der Waals surface area contributed by atoms with Crippen molar-refractivity contribution in [3.8, 4) is 62.1 Å². The maximum atomic E-state index is 6.38. The Morgan fingerprint density at radius 2 is 0.821 bits per heavy atom. The van der Waals surface area contributed by atoms with Crippen LogP contribution >= 0.6 is 38.5 Å². The molecule has 11 aromatic carbocycles. The Morgan fingerprint density at radius 3 is 1.37 bits per heavy atom. The van der Waals surface area contributed by atoms with Gasteiger partial charge in [-0.15, -0.1) is 5.10 Å². The molecule has 406 valence electrons. The normalized spacial score (nSPS) is 13.4. The van der Waals surface area contributed by atoms with Crippen molar-refractivity contribution in [2.45, 2.75) is 38.9 Å². The third-order valence-electron chi connectivity index (χ3n) is 15.8. The second-order valence-corrected chi connectivity index (χ2v) is 23.7. The summed E-state index contributed by atoms with van der Waals surface area (Å²) in [6.45, 7) is 8.32. The van der Waals surface area contributed by atoms with E-state index in [1.807, 2.05) is 108 Å². The Morgan fingerprint density at radius 1 is 0.393 bits per heavy atom. The third-order valence-corrected chi connectivity index (χ3v) is 17.0. The average Bonchev–Trinajstić information content (AvgIpc) is 4.17. The monoisotopic (exact) mass is 1270 g/mol. The molecule has 0 N–H and O–H groups in total. The van der Waals surface area contributed by atoms with Gasteiger partial charge in [0.25, 0.3) is 0 Å². The van der Waals surface area contributed by atoms with Crippen molar-refractivity contribution in [3.63, 3.8) is 0 Å². The van der Waals surface area contributed by atoms with Crippen LogP contribution in [0.2, 0.25) is 0 Å². The Balaban J connectivity index is 0.000000125. The molecule has 84 heavy (non-hydrogen) atoms. The van der Waals surface area contributed by atoms with Gasteiger partial charge in [-0.25, -0.2) is 24.6 Å². The Hall–Kier alpha value is -8.79. The SMILES string of the molecule is Brc1ccc(-c2ccc(-c3nc(-c4ccccc4)c4ccccc4n3)c3ccccc23)cc1.CC1(C)OB(c2ccc(-c3nc(-c4ccccc4)c4ccccc4n3)c3ccccc23)OC1(C)C.Ic1ccc(-n2nnc3ccccc32)cc1. The van der Waals surface area contributed by atoms with Gasteiger partial charge in [-0.05, 0) is 155 Å². The second-order valence-electron chi connectivity index (χ2n) is 21.6. The van der Waals surface area contributed by atoms with E-state index in [0.29, 0.717) is 5.82 Å². The van der Waals surface area contributed by atoms with Crippen LogP contribution in [0.25, 0.3) is 116 Å². The number of halogens is 2. The van der Waals surface area contributed by atoms with Crippen LogP contribution in [0.3, 0.4) is 0 Å². The smallest absolute Gasteiger partial charge is 0.399 e. The van der Waals surface area contributed by atoms with Gasteiger partial charge in [-0.3, -0.25) is 0 Å². The van der Waals surface area contributed by atoms with Crippen molar-refractivity contribution in [1.82, 2.24) is 34.9 Å². The molecule has 0 aliphatic carbocycles. The lowest BCUT2D eigenvalue weighted by Gasteiger charge is -2.32. The third kappa shape index (κ3) is 10.8. The highest BCUT2D eigenvalue weighted by atomic mass is 127. The summed E-state index contributed by atoms with van der Waals surface area (Å²) < 4.78 is 16.9. The van der Waals surface area contributed by atoms with Gasteiger partial charge in [-0.1, -0.05) is 209 Å². The maximum absolute atomic E-state index is 6.38. The molecule has 1 aliphatic heterocycles. The van der Waals surface area contributed by atoms with E-state index in [9.17, 15) is 0 Å². The van der Waals surface area contributed by atoms with E-state index in [2.05, 4.69) is 228 Å². The molecule has 0 spiro atoms. The summed E-state index contributed by atoms with van der Waals surface area (Å²) in [5.74, 6) is 1.45. The molecule has 14 aromatic rings. The van der Waals surface area contributed by atoms with Crippen LogP contribution in [0.5, 0.6) is 0 Å². The van der Waals surface area contributed by atoms with E-state index >= 15 is 0 Å². The fourth-order valence-electron chi connectivity index (χ4n) is 10.7. The molecule has 9 nitrogen and oxygen atoms in total. The van der Waals surface area contributed by atoms with Crippen molar-refractivity contribution in [1.29, 1.82) is 0 Å². The lowest BCUT2D eigenvalue weighted by atomic mass is 9.75. The predicted octanol–water partition coefficient (Wildman–Crippen LogP) is 18.0. The highest BCUT2D eigenvalue weighted by Crippen LogP contribution is 2.40. The Labute approximate surface area is 509 Å². The van der Waals surface area contributed by atoms with Gasteiger partial charge < -0.3 is 9.31 Å². The molecule has 1 saturated heterocycles. The molecule has 0 amide bonds. The van der Waals surface area contributed by atoms with Crippen molar-refractivity contribution >= 4 is 105 Å². The molecule has 0 atom stereocenters. The van der Waals surface area contributed by atoms with E-state index in [4.69, 9.17) is 29.2 Å². The van der Waals surface area contributed by atoms with E-state index in [-0.39, 0.29) is 0 Å². The minimum atomic E-state index is -0.434. The summed E-state index contributed by atoms with van der Waals surface area (Å²) >= 11 is 5.83. The molecule has 4 heterocycles. The lowest BCUT2D eigenvalue weighted by Crippen LogP contribution is -2.41. The Kier molecular flexibility index (Phi) is 15.0. The summed E-state index contributed by atoms with van der Waals surface area (Å²) in [7, 11) is -0.434. The molecule has 0 unspecified atom stereocenters. The maximum Gasteiger partial charge on any atom is 0.495 e. The van der Waals surface area contributed by atoms with Crippen molar-refractivity contribution < 1.29 is 9.31 Å². The number of hydrogen-bond acceptors (Lipinski definition) is 8. The van der Waals surface area contributed by atoms with Crippen molar-refractivity contribution in [2.75, 3.05) is 0 Å². The van der Waals surface area contributed by atoms with E-state index in [1.165, 1.54) is 20.1 Å². The van der Waals surface area contributed by atoms with Gasteiger partial charge in [-0.2, -0.15) is 0 Å². The summed E-state index contributed by atoms with van der Waals surface area (Å²) in [5.41, 5.74) is 13.5. The van der Waals surface area contributed by atoms with Crippen LogP contribution in [0.15, 0.2) is 259 Å². The highest BCUT2D eigenvalue weighted by molar-refractivity contribution is 14.1. The minimum absolute atomic E-state index is 0.399. The first kappa shape index (κ1) is 54.5. The summed E-state index contributed by atoms with van der Waals surface area (Å²) in [6, 6.07) is 87.1. The van der Waals surface area contributed by atoms with Gasteiger partial charge in [0.2, 0.25) is 0 Å². The molecule has 3 aromatic heterocycles. The van der Waals surface area contributed by atoms with E-state index in [0.717, 1.165) is 104 Å². The topological polar surface area (TPSA) is 101 Å². The first-order valence-corrected chi connectivity index (χ1v) is 29.7. The number of fused-ring (bicyclic) bond motifs is 5. The summed E-state index contributed by atoms with van der Waals surface area (Å²) in [5, 5.41) is 14.9. The molecule has 15 rings (SSSR count). The molecular weight excluding hydrogens is 1210 g/mol. The molecular formula is C72H54BBrIN7O2. The standard InChI is InChI=1S/C30H27BN2O2.C30H19BrN2.C12H8IN3/c1-29(2)30(3,4)35-31(34-29)25-19-18-23(21-14-8-9-15-22(21)25)28-32-26-17-11-10-16-24(26)27(33-28)20-12-6-5-7-13-20;31-22-16-14-20(15-17-22)23-18-19-26(25-11-5-4-10-24(23)25)30-32-28-13-7-6-12-27(28)29(33-30)21-8-2-1-3-9-21;13-9-5-7-10(8-6-9)16-12-4-2-1-3-11(12)14-15-16/h5-19H,1-4H3;1-19H;1-8H. The molecule has 1 fully saturated rings. The van der Waals surface area contributed by atoms with Crippen LogP contribution in [-0.2, 0) is 9.31 Å². The molecule has 0 radical (unpaired) electrons. The zero-order valence-electron chi connectivity index (χ0n) is 46.5.